The van der Waals surface area contributed by atoms with E-state index in [-0.39, 0.29) is 11.3 Å². The predicted octanol–water partition coefficient (Wildman–Crippen LogP) is 3.67. The molecule has 0 saturated heterocycles. The van der Waals surface area contributed by atoms with Crippen LogP contribution in [0.1, 0.15) is 54.7 Å². The van der Waals surface area contributed by atoms with Gasteiger partial charge in [0.15, 0.2) is 5.78 Å². The second kappa shape index (κ2) is 3.44. The Morgan fingerprint density at radius 1 is 1.25 bits per heavy atom. The van der Waals surface area contributed by atoms with Crippen molar-refractivity contribution in [2.75, 3.05) is 0 Å². The monoisotopic (exact) mass is 216 g/mol. The zero-order chi connectivity index (χ0) is 12.1. The number of hydrogen-bond donors (Lipinski definition) is 0. The van der Waals surface area contributed by atoms with E-state index in [4.69, 9.17) is 0 Å². The average Bonchev–Trinajstić information content (AvgIpc) is 2.39. The van der Waals surface area contributed by atoms with Crippen LogP contribution in [-0.2, 0) is 11.8 Å². The van der Waals surface area contributed by atoms with Gasteiger partial charge in [-0.2, -0.15) is 0 Å². The van der Waals surface area contributed by atoms with Gasteiger partial charge in [-0.05, 0) is 41.5 Å². The van der Waals surface area contributed by atoms with Gasteiger partial charge in [0, 0.05) is 11.5 Å². The van der Waals surface area contributed by atoms with Crippen molar-refractivity contribution >= 4 is 5.78 Å². The third kappa shape index (κ3) is 1.68. The fourth-order valence-corrected chi connectivity index (χ4v) is 2.66. The highest BCUT2D eigenvalue weighted by atomic mass is 16.1. The lowest BCUT2D eigenvalue weighted by atomic mass is 9.82. The molecule has 2 rings (SSSR count). The summed E-state index contributed by atoms with van der Waals surface area (Å²) in [4.78, 5) is 12.0. The van der Waals surface area contributed by atoms with Gasteiger partial charge in [0.05, 0.1) is 0 Å². The summed E-state index contributed by atoms with van der Waals surface area (Å²) in [5.74, 6) is 0.491. The first-order chi connectivity index (χ1) is 7.30. The SMILES string of the molecule is Cc1cc2c(cc1C(C)(C)C)C(=O)C(C)C2. The molecule has 0 spiro atoms. The molecule has 0 aromatic heterocycles. The van der Waals surface area contributed by atoms with E-state index in [1.54, 1.807) is 0 Å². The normalized spacial score (nSPS) is 20.1. The van der Waals surface area contributed by atoms with Gasteiger partial charge in [-0.3, -0.25) is 4.79 Å². The van der Waals surface area contributed by atoms with E-state index < -0.39 is 0 Å². The maximum absolute atomic E-state index is 12.0. The van der Waals surface area contributed by atoms with Crippen molar-refractivity contribution < 1.29 is 4.79 Å². The molecule has 1 unspecified atom stereocenters. The van der Waals surface area contributed by atoms with Crippen molar-refractivity contribution in [3.8, 4) is 0 Å². The zero-order valence-electron chi connectivity index (χ0n) is 10.8. The van der Waals surface area contributed by atoms with Gasteiger partial charge in [0.2, 0.25) is 0 Å². The molecule has 0 fully saturated rings. The zero-order valence-corrected chi connectivity index (χ0v) is 10.8. The van der Waals surface area contributed by atoms with E-state index >= 15 is 0 Å². The van der Waals surface area contributed by atoms with Crippen molar-refractivity contribution in [2.45, 2.75) is 46.5 Å². The van der Waals surface area contributed by atoms with Crippen molar-refractivity contribution in [2.24, 2.45) is 5.92 Å². The Labute approximate surface area is 97.9 Å². The predicted molar refractivity (Wildman–Crippen MR) is 67.1 cm³/mol. The van der Waals surface area contributed by atoms with Crippen LogP contribution in [0.3, 0.4) is 0 Å². The molecule has 1 aromatic carbocycles. The third-order valence-electron chi connectivity index (χ3n) is 3.50. The highest BCUT2D eigenvalue weighted by Crippen LogP contribution is 2.33. The van der Waals surface area contributed by atoms with E-state index in [2.05, 4.69) is 39.8 Å². The molecule has 1 aromatic rings. The number of Topliss-reactive ketones (excluding diaryl/α,β-unsaturated/α-hetero) is 1. The lowest BCUT2D eigenvalue weighted by Gasteiger charge is -2.22. The van der Waals surface area contributed by atoms with Crippen molar-refractivity contribution in [1.29, 1.82) is 0 Å². The molecular formula is C15H20O. The standard InChI is InChI=1S/C15H20O/c1-9-6-11-7-10(2)14(16)12(11)8-13(9)15(3,4)5/h6,8,10H,7H2,1-5H3. The van der Waals surface area contributed by atoms with Gasteiger partial charge in [-0.25, -0.2) is 0 Å². The number of carbonyl (C=O) groups excluding carboxylic acids is 1. The number of rotatable bonds is 0. The highest BCUT2D eigenvalue weighted by Gasteiger charge is 2.29. The summed E-state index contributed by atoms with van der Waals surface area (Å²) in [6, 6.07) is 4.33. The topological polar surface area (TPSA) is 17.1 Å². The molecule has 0 heterocycles. The Kier molecular flexibility index (Phi) is 2.45. The minimum Gasteiger partial charge on any atom is -0.294 e. The van der Waals surface area contributed by atoms with Gasteiger partial charge in [0.1, 0.15) is 0 Å². The van der Waals surface area contributed by atoms with Crippen LogP contribution in [0.5, 0.6) is 0 Å². The summed E-state index contributed by atoms with van der Waals surface area (Å²) in [7, 11) is 0. The molecule has 1 aliphatic carbocycles. The summed E-state index contributed by atoms with van der Waals surface area (Å²) < 4.78 is 0. The highest BCUT2D eigenvalue weighted by molar-refractivity contribution is 6.02. The summed E-state index contributed by atoms with van der Waals surface area (Å²) in [5.41, 5.74) is 4.93. The quantitative estimate of drug-likeness (QED) is 0.646. The van der Waals surface area contributed by atoms with Gasteiger partial charge >= 0.3 is 0 Å². The van der Waals surface area contributed by atoms with E-state index in [1.165, 1.54) is 16.7 Å². The molecular weight excluding hydrogens is 196 g/mol. The maximum Gasteiger partial charge on any atom is 0.166 e. The van der Waals surface area contributed by atoms with Crippen LogP contribution < -0.4 is 0 Å². The van der Waals surface area contributed by atoms with E-state index in [0.717, 1.165) is 12.0 Å². The minimum absolute atomic E-state index is 0.116. The molecule has 1 atom stereocenters. The van der Waals surface area contributed by atoms with Crippen LogP contribution >= 0.6 is 0 Å². The summed E-state index contributed by atoms with van der Waals surface area (Å²) in [5, 5.41) is 0. The van der Waals surface area contributed by atoms with Gasteiger partial charge < -0.3 is 0 Å². The fraction of sp³-hybridized carbons (Fsp3) is 0.533. The summed E-state index contributed by atoms with van der Waals surface area (Å²) in [6.45, 7) is 10.8. The van der Waals surface area contributed by atoms with Crippen LogP contribution in [0, 0.1) is 12.8 Å². The molecule has 0 radical (unpaired) electrons. The Hall–Kier alpha value is -1.11. The van der Waals surface area contributed by atoms with Crippen LogP contribution in [0.25, 0.3) is 0 Å². The Morgan fingerprint density at radius 3 is 2.44 bits per heavy atom. The largest absolute Gasteiger partial charge is 0.294 e. The summed E-state index contributed by atoms with van der Waals surface area (Å²) >= 11 is 0. The van der Waals surface area contributed by atoms with Crippen LogP contribution in [0.2, 0.25) is 0 Å². The molecule has 16 heavy (non-hydrogen) atoms. The molecule has 1 aliphatic rings. The van der Waals surface area contributed by atoms with E-state index in [9.17, 15) is 4.79 Å². The van der Waals surface area contributed by atoms with Crippen molar-refractivity contribution in [3.63, 3.8) is 0 Å². The Morgan fingerprint density at radius 2 is 1.88 bits per heavy atom. The fourth-order valence-electron chi connectivity index (χ4n) is 2.66. The van der Waals surface area contributed by atoms with Crippen LogP contribution in [-0.4, -0.2) is 5.78 Å². The average molecular weight is 216 g/mol. The van der Waals surface area contributed by atoms with Crippen molar-refractivity contribution in [3.05, 3.63) is 34.4 Å². The van der Waals surface area contributed by atoms with Gasteiger partial charge in [-0.1, -0.05) is 33.8 Å². The molecule has 86 valence electrons. The smallest absolute Gasteiger partial charge is 0.166 e. The second-order valence-corrected chi connectivity index (χ2v) is 6.04. The van der Waals surface area contributed by atoms with Crippen LogP contribution in [0.4, 0.5) is 0 Å². The first-order valence-electron chi connectivity index (χ1n) is 5.99. The number of aryl methyl sites for hydroxylation is 1. The van der Waals surface area contributed by atoms with Crippen molar-refractivity contribution in [1.82, 2.24) is 0 Å². The van der Waals surface area contributed by atoms with Gasteiger partial charge in [-0.15, -0.1) is 0 Å². The molecule has 1 nitrogen and oxygen atoms in total. The Balaban J connectivity index is 2.59. The molecule has 0 N–H and O–H groups in total. The van der Waals surface area contributed by atoms with Gasteiger partial charge in [0.25, 0.3) is 0 Å². The van der Waals surface area contributed by atoms with E-state index in [1.807, 2.05) is 6.92 Å². The first kappa shape index (κ1) is 11.4. The lowest BCUT2D eigenvalue weighted by Crippen LogP contribution is -2.14. The molecule has 0 amide bonds. The first-order valence-corrected chi connectivity index (χ1v) is 5.99. The number of fused-ring (bicyclic) bond motifs is 1. The Bertz CT molecular complexity index is 449. The number of benzene rings is 1. The molecule has 1 heteroatoms. The molecule has 0 saturated carbocycles. The molecule has 0 aliphatic heterocycles. The number of carbonyl (C=O) groups is 1. The maximum atomic E-state index is 12.0. The van der Waals surface area contributed by atoms with E-state index in [0.29, 0.717) is 5.78 Å². The summed E-state index contributed by atoms with van der Waals surface area (Å²) in [6.07, 6.45) is 0.916. The third-order valence-corrected chi connectivity index (χ3v) is 3.50. The molecule has 0 bridgehead atoms. The second-order valence-electron chi connectivity index (χ2n) is 6.04. The van der Waals surface area contributed by atoms with Crippen LogP contribution in [0.15, 0.2) is 12.1 Å². The lowest BCUT2D eigenvalue weighted by molar-refractivity contribution is 0.0946. The minimum atomic E-state index is 0.116. The number of hydrogen-bond acceptors (Lipinski definition) is 1. The number of ketones is 1.